The summed E-state index contributed by atoms with van der Waals surface area (Å²) in [6.45, 7) is 19.7. The molecule has 0 bridgehead atoms. The van der Waals surface area contributed by atoms with Crippen molar-refractivity contribution < 1.29 is 18.7 Å². The maximum Gasteiger partial charge on any atom is 0.316 e. The zero-order valence-electron chi connectivity index (χ0n) is 20.0. The third-order valence-electron chi connectivity index (χ3n) is 4.73. The van der Waals surface area contributed by atoms with E-state index < -0.39 is 18.2 Å². The molecule has 2 rings (SSSR count). The van der Waals surface area contributed by atoms with Crippen LogP contribution in [0.15, 0.2) is 49.1 Å². The van der Waals surface area contributed by atoms with Crippen molar-refractivity contribution in [2.45, 2.75) is 60.9 Å². The molecule has 0 aliphatic heterocycles. The number of hydrogen-bond donors (Lipinski definition) is 2. The highest BCUT2D eigenvalue weighted by atomic mass is 19.1. The van der Waals surface area contributed by atoms with Gasteiger partial charge in [-0.2, -0.15) is 4.39 Å². The van der Waals surface area contributed by atoms with Gasteiger partial charge in [0.05, 0.1) is 10.9 Å². The number of fused-ring (bicyclic) bond motifs is 1. The van der Waals surface area contributed by atoms with Gasteiger partial charge in [-0.15, -0.1) is 6.58 Å². The number of aromatic nitrogens is 1. The van der Waals surface area contributed by atoms with Gasteiger partial charge in [-0.05, 0) is 53.2 Å². The maximum absolute atomic E-state index is 13.6. The second-order valence-corrected chi connectivity index (χ2v) is 6.93. The minimum Gasteiger partial charge on any atom is -0.451 e. The van der Waals surface area contributed by atoms with Crippen LogP contribution in [0.3, 0.4) is 0 Å². The molecule has 1 unspecified atom stereocenters. The van der Waals surface area contributed by atoms with Gasteiger partial charge < -0.3 is 20.8 Å². The maximum atomic E-state index is 13.6. The first-order chi connectivity index (χ1) is 15.0. The lowest BCUT2D eigenvalue weighted by Gasteiger charge is -2.11. The van der Waals surface area contributed by atoms with Gasteiger partial charge in [-0.3, -0.25) is 9.59 Å². The largest absolute Gasteiger partial charge is 0.451 e. The van der Waals surface area contributed by atoms with Crippen molar-refractivity contribution in [2.75, 3.05) is 0 Å². The molecule has 7 heteroatoms. The average Bonchev–Trinajstić information content (AvgIpc) is 3.05. The fourth-order valence-electron chi connectivity index (χ4n) is 2.86. The van der Waals surface area contributed by atoms with E-state index in [0.717, 1.165) is 11.2 Å². The lowest BCUT2D eigenvalue weighted by atomic mass is 10.0. The molecule has 1 aromatic heterocycles. The molecule has 1 atom stereocenters. The lowest BCUT2D eigenvalue weighted by Crippen LogP contribution is -2.29. The normalized spacial score (nSPS) is 11.4. The Labute approximate surface area is 190 Å². The number of rotatable bonds is 7. The molecule has 0 saturated heterocycles. The van der Waals surface area contributed by atoms with Crippen LogP contribution in [0.25, 0.3) is 16.5 Å². The van der Waals surface area contributed by atoms with E-state index in [1.54, 1.807) is 25.1 Å². The number of allylic oxidation sites excluding steroid dienone is 3. The predicted octanol–water partition coefficient (Wildman–Crippen LogP) is 5.18. The highest BCUT2D eigenvalue weighted by molar-refractivity contribution is 6.22. The number of amides is 2. The summed E-state index contributed by atoms with van der Waals surface area (Å²) in [6.07, 6.45) is 2.79. The van der Waals surface area contributed by atoms with Gasteiger partial charge >= 0.3 is 6.36 Å². The monoisotopic (exact) mass is 445 g/mol. The molecule has 0 saturated carbocycles. The molecule has 2 aromatic rings. The van der Waals surface area contributed by atoms with Crippen molar-refractivity contribution in [1.82, 2.24) is 4.57 Å². The lowest BCUT2D eigenvalue weighted by molar-refractivity contribution is -0.131. The Morgan fingerprint density at radius 1 is 1.25 bits per heavy atom. The Kier molecular flexibility index (Phi) is 12.4. The molecule has 2 amide bonds. The summed E-state index contributed by atoms with van der Waals surface area (Å²) in [7, 11) is 0. The molecule has 0 radical (unpaired) electrons. The first-order valence-electron chi connectivity index (χ1n) is 10.4. The number of benzene rings is 1. The number of nitrogens with two attached hydrogens (primary N) is 2. The van der Waals surface area contributed by atoms with Gasteiger partial charge in [0.25, 0.3) is 5.91 Å². The topological polar surface area (TPSA) is 100 Å². The molecule has 1 heterocycles. The van der Waals surface area contributed by atoms with Gasteiger partial charge in [-0.25, -0.2) is 0 Å². The van der Waals surface area contributed by atoms with Crippen LogP contribution in [0.5, 0.6) is 5.75 Å². The number of nitrogens with zero attached hydrogens (tertiary/aromatic N) is 1. The van der Waals surface area contributed by atoms with Crippen LogP contribution in [0.1, 0.15) is 52.3 Å². The summed E-state index contributed by atoms with van der Waals surface area (Å²) in [5.41, 5.74) is 13.7. The van der Waals surface area contributed by atoms with Crippen LogP contribution in [0, 0.1) is 6.92 Å². The number of alkyl halides is 1. The van der Waals surface area contributed by atoms with Crippen molar-refractivity contribution in [3.63, 3.8) is 0 Å². The van der Waals surface area contributed by atoms with E-state index >= 15 is 0 Å². The summed E-state index contributed by atoms with van der Waals surface area (Å²) in [4.78, 5) is 22.5. The smallest absolute Gasteiger partial charge is 0.316 e. The molecule has 6 nitrogen and oxygen atoms in total. The summed E-state index contributed by atoms with van der Waals surface area (Å²) in [6, 6.07) is 4.96. The molecule has 176 valence electrons. The number of hydrogen-bond acceptors (Lipinski definition) is 3. The number of ether oxygens (including phenoxy) is 1. The van der Waals surface area contributed by atoms with Crippen LogP contribution < -0.4 is 16.2 Å². The van der Waals surface area contributed by atoms with Crippen molar-refractivity contribution in [3.05, 3.63) is 60.3 Å². The molecule has 0 aliphatic rings. The Bertz CT molecular complexity index is 990. The second-order valence-electron chi connectivity index (χ2n) is 6.93. The van der Waals surface area contributed by atoms with Crippen molar-refractivity contribution in [1.29, 1.82) is 0 Å². The predicted molar refractivity (Wildman–Crippen MR) is 131 cm³/mol. The fraction of sp³-hybridized carbons (Fsp3) is 0.360. The highest BCUT2D eigenvalue weighted by Crippen LogP contribution is 2.37. The van der Waals surface area contributed by atoms with Crippen molar-refractivity contribution in [2.24, 2.45) is 11.5 Å². The van der Waals surface area contributed by atoms with Gasteiger partial charge in [0.2, 0.25) is 5.91 Å². The SMILES string of the molecule is C/C=C(/C)CC.C=C(C(N)=O)c1c(C)n(CC)c2cccc(OC(F)C(N)=O)c12.C=CC. The van der Waals surface area contributed by atoms with E-state index in [2.05, 4.69) is 40.0 Å². The molecule has 4 N–H and O–H groups in total. The van der Waals surface area contributed by atoms with Gasteiger partial charge in [0.1, 0.15) is 5.75 Å². The van der Waals surface area contributed by atoms with Crippen LogP contribution in [-0.4, -0.2) is 22.7 Å². The van der Waals surface area contributed by atoms with E-state index in [1.807, 2.05) is 18.4 Å². The number of halogens is 1. The molecular weight excluding hydrogens is 409 g/mol. The standard InChI is InChI=1S/C16H18FN3O3.C6H12.C3H6/c1-4-20-9(3)12(8(2)15(18)21)13-10(20)6-5-7-11(13)23-14(17)16(19)22;1-4-6(3)5-2;1-3-2/h5-7,14H,2,4H2,1,3H3,(H2,18,21)(H2,19,22);4H,5H2,1-3H3;3H,1H2,2H3/b;6-4-;. The fourth-order valence-corrected chi connectivity index (χ4v) is 2.86. The Hall–Kier alpha value is -3.35. The van der Waals surface area contributed by atoms with E-state index in [9.17, 15) is 14.0 Å². The minimum absolute atomic E-state index is 0.0882. The number of carbonyl (C=O) groups is 2. The molecule has 1 aromatic carbocycles. The summed E-state index contributed by atoms with van der Waals surface area (Å²) < 4.78 is 20.5. The van der Waals surface area contributed by atoms with E-state index in [0.29, 0.717) is 17.5 Å². The van der Waals surface area contributed by atoms with Crippen LogP contribution in [-0.2, 0) is 16.1 Å². The Morgan fingerprint density at radius 2 is 1.81 bits per heavy atom. The zero-order valence-corrected chi connectivity index (χ0v) is 20.0. The Balaban J connectivity index is 0.000000908. The number of primary amides is 2. The van der Waals surface area contributed by atoms with Gasteiger partial charge in [-0.1, -0.05) is 37.3 Å². The van der Waals surface area contributed by atoms with Gasteiger partial charge in [0, 0.05) is 23.4 Å². The van der Waals surface area contributed by atoms with Crippen LogP contribution in [0.4, 0.5) is 4.39 Å². The third-order valence-corrected chi connectivity index (χ3v) is 4.73. The van der Waals surface area contributed by atoms with Crippen LogP contribution >= 0.6 is 0 Å². The van der Waals surface area contributed by atoms with E-state index in [4.69, 9.17) is 16.2 Å². The quantitative estimate of drug-likeness (QED) is 0.453. The van der Waals surface area contributed by atoms with Gasteiger partial charge in [0.15, 0.2) is 0 Å². The third kappa shape index (κ3) is 7.41. The van der Waals surface area contributed by atoms with Crippen molar-refractivity contribution >= 4 is 28.3 Å². The Morgan fingerprint density at radius 3 is 2.19 bits per heavy atom. The molecule has 32 heavy (non-hydrogen) atoms. The highest BCUT2D eigenvalue weighted by Gasteiger charge is 2.24. The van der Waals surface area contributed by atoms with E-state index in [1.165, 1.54) is 18.1 Å². The molecule has 0 aliphatic carbocycles. The number of aryl methyl sites for hydroxylation is 1. The first-order valence-corrected chi connectivity index (χ1v) is 10.4. The zero-order chi connectivity index (χ0) is 25.0. The molecule has 0 fully saturated rings. The number of carbonyl (C=O) groups excluding carboxylic acids is 2. The second kappa shape index (κ2) is 13.9. The van der Waals surface area contributed by atoms with E-state index in [-0.39, 0.29) is 11.3 Å². The average molecular weight is 446 g/mol. The van der Waals surface area contributed by atoms with Crippen molar-refractivity contribution in [3.8, 4) is 5.75 Å². The molecular formula is C25H36FN3O3. The summed E-state index contributed by atoms with van der Waals surface area (Å²) in [5, 5.41) is 0.472. The van der Waals surface area contributed by atoms with Crippen LogP contribution in [0.2, 0.25) is 0 Å². The summed E-state index contributed by atoms with van der Waals surface area (Å²) >= 11 is 0. The molecule has 0 spiro atoms. The summed E-state index contributed by atoms with van der Waals surface area (Å²) in [5.74, 6) is -1.82. The minimum atomic E-state index is -2.29. The first kappa shape index (κ1) is 28.6.